The molecule has 2 N–H and O–H groups in total. The Bertz CT molecular complexity index is 592. The normalized spacial score (nSPS) is 13.9. The van der Waals surface area contributed by atoms with Crippen molar-refractivity contribution >= 4 is 11.6 Å². The number of rotatable bonds is 6. The van der Waals surface area contributed by atoms with E-state index in [0.717, 1.165) is 22.8 Å². The standard InChI is InChI=1S/C19H24ClNO/c1-14(2)16-6-10-18(11-7-16)22-19(3,13-21)12-15-4-8-17(20)9-5-15/h4-11,14H,12-13,21H2,1-3H3/t19-/m1/s1. The van der Waals surface area contributed by atoms with Crippen molar-refractivity contribution < 1.29 is 4.74 Å². The van der Waals surface area contributed by atoms with Crippen LogP contribution in [0.4, 0.5) is 0 Å². The Morgan fingerprint density at radius 3 is 2.14 bits per heavy atom. The summed E-state index contributed by atoms with van der Waals surface area (Å²) in [6.07, 6.45) is 0.743. The van der Waals surface area contributed by atoms with E-state index in [1.165, 1.54) is 5.56 Å². The minimum Gasteiger partial charge on any atom is -0.486 e. The number of ether oxygens (including phenoxy) is 1. The molecular weight excluding hydrogens is 294 g/mol. The molecule has 2 rings (SSSR count). The summed E-state index contributed by atoms with van der Waals surface area (Å²) in [4.78, 5) is 0. The Hall–Kier alpha value is -1.51. The van der Waals surface area contributed by atoms with Crippen LogP contribution in [0.2, 0.25) is 5.02 Å². The maximum atomic E-state index is 6.16. The van der Waals surface area contributed by atoms with Crippen LogP contribution >= 0.6 is 11.6 Å². The fraction of sp³-hybridized carbons (Fsp3) is 0.368. The molecule has 0 amide bonds. The zero-order chi connectivity index (χ0) is 16.2. The lowest BCUT2D eigenvalue weighted by atomic mass is 9.96. The Morgan fingerprint density at radius 2 is 1.64 bits per heavy atom. The van der Waals surface area contributed by atoms with Crippen molar-refractivity contribution in [3.63, 3.8) is 0 Å². The molecule has 0 aliphatic carbocycles. The molecule has 0 fully saturated rings. The Kier molecular flexibility index (Phi) is 5.49. The third-order valence-electron chi connectivity index (χ3n) is 3.83. The van der Waals surface area contributed by atoms with Gasteiger partial charge in [0.1, 0.15) is 11.4 Å². The van der Waals surface area contributed by atoms with Gasteiger partial charge in [0, 0.05) is 18.0 Å². The highest BCUT2D eigenvalue weighted by atomic mass is 35.5. The van der Waals surface area contributed by atoms with Crippen LogP contribution in [-0.2, 0) is 6.42 Å². The van der Waals surface area contributed by atoms with Gasteiger partial charge in [0.2, 0.25) is 0 Å². The van der Waals surface area contributed by atoms with Crippen molar-refractivity contribution in [3.8, 4) is 5.75 Å². The molecule has 0 heterocycles. The molecule has 0 bridgehead atoms. The number of hydrogen-bond donors (Lipinski definition) is 1. The predicted molar refractivity (Wildman–Crippen MR) is 93.8 cm³/mol. The smallest absolute Gasteiger partial charge is 0.122 e. The van der Waals surface area contributed by atoms with Crippen LogP contribution in [-0.4, -0.2) is 12.1 Å². The monoisotopic (exact) mass is 317 g/mol. The van der Waals surface area contributed by atoms with E-state index in [1.807, 2.05) is 43.3 Å². The van der Waals surface area contributed by atoms with Crippen LogP contribution < -0.4 is 10.5 Å². The summed E-state index contributed by atoms with van der Waals surface area (Å²) in [5.74, 6) is 1.37. The molecule has 0 spiro atoms. The average Bonchev–Trinajstić information content (AvgIpc) is 2.50. The van der Waals surface area contributed by atoms with Gasteiger partial charge in [0.05, 0.1) is 0 Å². The third-order valence-corrected chi connectivity index (χ3v) is 4.09. The Morgan fingerprint density at radius 1 is 1.05 bits per heavy atom. The van der Waals surface area contributed by atoms with Gasteiger partial charge >= 0.3 is 0 Å². The number of benzene rings is 2. The summed E-state index contributed by atoms with van der Waals surface area (Å²) in [6, 6.07) is 16.1. The summed E-state index contributed by atoms with van der Waals surface area (Å²) < 4.78 is 6.16. The van der Waals surface area contributed by atoms with E-state index in [9.17, 15) is 0 Å². The van der Waals surface area contributed by atoms with Gasteiger partial charge in [-0.1, -0.05) is 49.7 Å². The van der Waals surface area contributed by atoms with Crippen LogP contribution in [0.1, 0.15) is 37.8 Å². The van der Waals surface area contributed by atoms with Crippen molar-refractivity contribution in [2.24, 2.45) is 5.73 Å². The molecule has 2 aromatic rings. The summed E-state index contributed by atoms with van der Waals surface area (Å²) in [5.41, 5.74) is 7.99. The predicted octanol–water partition coefficient (Wildman–Crippen LogP) is 4.80. The molecule has 2 aromatic carbocycles. The van der Waals surface area contributed by atoms with Gasteiger partial charge in [0.15, 0.2) is 0 Å². The second-order valence-corrected chi connectivity index (χ2v) is 6.72. The van der Waals surface area contributed by atoms with Crippen LogP contribution in [0.25, 0.3) is 0 Å². The van der Waals surface area contributed by atoms with Gasteiger partial charge in [0.25, 0.3) is 0 Å². The molecule has 0 saturated heterocycles. The van der Waals surface area contributed by atoms with E-state index in [2.05, 4.69) is 26.0 Å². The first-order valence-electron chi connectivity index (χ1n) is 7.65. The zero-order valence-corrected chi connectivity index (χ0v) is 14.2. The van der Waals surface area contributed by atoms with E-state index >= 15 is 0 Å². The zero-order valence-electron chi connectivity index (χ0n) is 13.5. The van der Waals surface area contributed by atoms with Crippen molar-refractivity contribution in [3.05, 3.63) is 64.7 Å². The lowest BCUT2D eigenvalue weighted by Gasteiger charge is -2.30. The number of nitrogens with two attached hydrogens (primary N) is 1. The maximum absolute atomic E-state index is 6.16. The molecule has 1 atom stereocenters. The Labute approximate surface area is 138 Å². The van der Waals surface area contributed by atoms with Gasteiger partial charge in [-0.25, -0.2) is 0 Å². The fourth-order valence-electron chi connectivity index (χ4n) is 2.39. The molecule has 118 valence electrons. The summed E-state index contributed by atoms with van der Waals surface area (Å²) >= 11 is 5.93. The van der Waals surface area contributed by atoms with Crippen LogP contribution in [0.5, 0.6) is 5.75 Å². The SMILES string of the molecule is CC(C)c1ccc(O[C@@](C)(CN)Cc2ccc(Cl)cc2)cc1. The summed E-state index contributed by atoms with van der Waals surface area (Å²) in [6.45, 7) is 6.85. The van der Waals surface area contributed by atoms with Crippen molar-refractivity contribution in [1.82, 2.24) is 0 Å². The molecule has 0 unspecified atom stereocenters. The second kappa shape index (κ2) is 7.17. The van der Waals surface area contributed by atoms with Gasteiger partial charge in [-0.05, 0) is 48.2 Å². The second-order valence-electron chi connectivity index (χ2n) is 6.28. The lowest BCUT2D eigenvalue weighted by Crippen LogP contribution is -2.42. The largest absolute Gasteiger partial charge is 0.486 e. The molecule has 0 aliphatic heterocycles. The molecule has 22 heavy (non-hydrogen) atoms. The Balaban J connectivity index is 2.10. The van der Waals surface area contributed by atoms with Crippen molar-refractivity contribution in [2.45, 2.75) is 38.7 Å². The van der Waals surface area contributed by atoms with Gasteiger partial charge < -0.3 is 10.5 Å². The van der Waals surface area contributed by atoms with E-state index in [-0.39, 0.29) is 0 Å². The van der Waals surface area contributed by atoms with Crippen LogP contribution in [0.15, 0.2) is 48.5 Å². The van der Waals surface area contributed by atoms with E-state index in [0.29, 0.717) is 12.5 Å². The fourth-order valence-corrected chi connectivity index (χ4v) is 2.52. The summed E-state index contributed by atoms with van der Waals surface area (Å²) in [7, 11) is 0. The van der Waals surface area contributed by atoms with Gasteiger partial charge in [-0.15, -0.1) is 0 Å². The van der Waals surface area contributed by atoms with Crippen LogP contribution in [0.3, 0.4) is 0 Å². The molecule has 0 aromatic heterocycles. The first kappa shape index (κ1) is 16.9. The molecule has 0 radical (unpaired) electrons. The number of hydrogen-bond acceptors (Lipinski definition) is 2. The highest BCUT2D eigenvalue weighted by Crippen LogP contribution is 2.24. The van der Waals surface area contributed by atoms with Gasteiger partial charge in [-0.3, -0.25) is 0 Å². The third kappa shape index (κ3) is 4.49. The van der Waals surface area contributed by atoms with Gasteiger partial charge in [-0.2, -0.15) is 0 Å². The topological polar surface area (TPSA) is 35.2 Å². The first-order chi connectivity index (χ1) is 10.4. The molecular formula is C19H24ClNO. The molecule has 2 nitrogen and oxygen atoms in total. The minimum atomic E-state index is -0.437. The molecule has 0 saturated carbocycles. The van der Waals surface area contributed by atoms with Crippen LogP contribution in [0, 0.1) is 0 Å². The molecule has 0 aliphatic rings. The van der Waals surface area contributed by atoms with E-state index in [1.54, 1.807) is 0 Å². The minimum absolute atomic E-state index is 0.437. The van der Waals surface area contributed by atoms with Crippen molar-refractivity contribution in [2.75, 3.05) is 6.54 Å². The highest BCUT2D eigenvalue weighted by molar-refractivity contribution is 6.30. The maximum Gasteiger partial charge on any atom is 0.122 e. The lowest BCUT2D eigenvalue weighted by molar-refractivity contribution is 0.0980. The average molecular weight is 318 g/mol. The first-order valence-corrected chi connectivity index (χ1v) is 8.03. The highest BCUT2D eigenvalue weighted by Gasteiger charge is 2.25. The molecule has 3 heteroatoms. The number of halogens is 1. The quantitative estimate of drug-likeness (QED) is 0.830. The summed E-state index contributed by atoms with van der Waals surface area (Å²) in [5, 5.41) is 0.739. The van der Waals surface area contributed by atoms with E-state index in [4.69, 9.17) is 22.1 Å². The van der Waals surface area contributed by atoms with E-state index < -0.39 is 5.60 Å². The van der Waals surface area contributed by atoms with Crippen molar-refractivity contribution in [1.29, 1.82) is 0 Å².